The van der Waals surface area contributed by atoms with E-state index in [2.05, 4.69) is 135 Å². The zero-order chi connectivity index (χ0) is 32.4. The van der Waals surface area contributed by atoms with Crippen LogP contribution in [0.1, 0.15) is 11.1 Å². The second-order valence-corrected chi connectivity index (χ2v) is 16.2. The molecule has 0 bridgehead atoms. The van der Waals surface area contributed by atoms with Crippen molar-refractivity contribution >= 4 is 118 Å². The Kier molecular flexibility index (Phi) is 5.75. The fourth-order valence-corrected chi connectivity index (χ4v) is 11.5. The van der Waals surface area contributed by atoms with Gasteiger partial charge in [0, 0.05) is 62.2 Å². The lowest BCUT2D eigenvalue weighted by Crippen LogP contribution is -1.92. The lowest BCUT2D eigenvalue weighted by molar-refractivity contribution is 1.43. The molecule has 0 saturated carbocycles. The quantitative estimate of drug-likeness (QED) is 0.170. The van der Waals surface area contributed by atoms with Gasteiger partial charge in [-0.15, -0.1) is 34.0 Å². The molecular weight excluding hydrogens is 653 g/mol. The predicted octanol–water partition coefficient (Wildman–Crippen LogP) is 13.8. The summed E-state index contributed by atoms with van der Waals surface area (Å²) in [6.07, 6.45) is 0. The lowest BCUT2D eigenvalue weighted by atomic mass is 9.96. The maximum atomic E-state index is 5.67. The molecule has 0 radical (unpaired) electrons. The average molecular weight is 679 g/mol. The number of benzene rings is 7. The number of fused-ring (bicyclic) bond motifs is 13. The summed E-state index contributed by atoms with van der Waals surface area (Å²) in [5, 5.41) is 9.97. The van der Waals surface area contributed by atoms with E-state index in [1.54, 1.807) is 0 Å². The third kappa shape index (κ3) is 3.92. The van der Waals surface area contributed by atoms with Crippen molar-refractivity contribution in [2.75, 3.05) is 0 Å². The van der Waals surface area contributed by atoms with E-state index in [-0.39, 0.29) is 0 Å². The van der Waals surface area contributed by atoms with Crippen molar-refractivity contribution < 1.29 is 0 Å². The minimum Gasteiger partial charge on any atom is -0.242 e. The van der Waals surface area contributed by atoms with Crippen LogP contribution in [0, 0.1) is 13.8 Å². The summed E-state index contributed by atoms with van der Waals surface area (Å²) < 4.78 is 5.21. The molecule has 7 aromatic carbocycles. The second kappa shape index (κ2) is 10.2. The van der Waals surface area contributed by atoms with Crippen LogP contribution in [-0.4, -0.2) is 9.97 Å². The van der Waals surface area contributed by atoms with E-state index in [0.29, 0.717) is 0 Å². The Balaban J connectivity index is 1.33. The second-order valence-electron chi connectivity index (χ2n) is 13.0. The Morgan fingerprint density at radius 2 is 0.816 bits per heavy atom. The molecule has 11 aromatic rings. The van der Waals surface area contributed by atoms with E-state index in [1.165, 1.54) is 83.1 Å². The molecule has 0 unspecified atom stereocenters. The van der Waals surface area contributed by atoms with E-state index in [4.69, 9.17) is 9.97 Å². The average Bonchev–Trinajstić information content (AvgIpc) is 3.82. The summed E-state index contributed by atoms with van der Waals surface area (Å²) in [5.74, 6) is 0. The van der Waals surface area contributed by atoms with Crippen molar-refractivity contribution in [3.8, 4) is 20.9 Å². The maximum Gasteiger partial charge on any atom is 0.109 e. The van der Waals surface area contributed by atoms with Crippen molar-refractivity contribution in [3.05, 3.63) is 132 Å². The number of aryl methyl sites for hydroxylation is 2. The van der Waals surface area contributed by atoms with Gasteiger partial charge in [0.2, 0.25) is 0 Å². The molecule has 0 atom stereocenters. The normalized spacial score (nSPS) is 12.3. The molecule has 0 aliphatic heterocycles. The first-order chi connectivity index (χ1) is 24.1. The number of rotatable bonds is 2. The standard InChI is InChI=1S/C44H26N2S3/c1-23-17-19-27-33(21-23)34-22-24(2)18-20-28(34)38-37(27)45-39-40(46-38)44(32-14-8-12-30-26-10-4-6-16-36(26)48-42(30)32)49-43(39)31-13-7-11-29-25-9-3-5-15-35(25)47-41(29)31/h3-22H,1-2H3. The Morgan fingerprint density at radius 3 is 1.31 bits per heavy atom. The molecule has 0 saturated heterocycles. The van der Waals surface area contributed by atoms with Crippen LogP contribution >= 0.6 is 34.0 Å². The van der Waals surface area contributed by atoms with E-state index in [0.717, 1.165) is 32.8 Å². The highest BCUT2D eigenvalue weighted by Gasteiger charge is 2.24. The fourth-order valence-electron chi connectivity index (χ4n) is 7.72. The van der Waals surface area contributed by atoms with Gasteiger partial charge in [-0.3, -0.25) is 0 Å². The van der Waals surface area contributed by atoms with E-state index in [1.807, 2.05) is 34.0 Å². The Labute approximate surface area is 293 Å². The largest absolute Gasteiger partial charge is 0.242 e. The first-order valence-electron chi connectivity index (χ1n) is 16.5. The summed E-state index contributed by atoms with van der Waals surface area (Å²) in [4.78, 5) is 13.7. The van der Waals surface area contributed by atoms with Crippen molar-refractivity contribution in [3.63, 3.8) is 0 Å². The topological polar surface area (TPSA) is 25.8 Å². The summed E-state index contributed by atoms with van der Waals surface area (Å²) >= 11 is 5.59. The van der Waals surface area contributed by atoms with Crippen LogP contribution in [0.3, 0.4) is 0 Å². The van der Waals surface area contributed by atoms with Crippen molar-refractivity contribution in [1.82, 2.24) is 9.97 Å². The Hall–Kier alpha value is -5.20. The van der Waals surface area contributed by atoms with Crippen LogP contribution in [0.2, 0.25) is 0 Å². The van der Waals surface area contributed by atoms with Gasteiger partial charge in [0.05, 0.1) is 20.8 Å². The van der Waals surface area contributed by atoms with E-state index >= 15 is 0 Å². The third-order valence-electron chi connectivity index (χ3n) is 9.98. The zero-order valence-corrected chi connectivity index (χ0v) is 29.1. The molecule has 0 aliphatic carbocycles. The van der Waals surface area contributed by atoms with Gasteiger partial charge >= 0.3 is 0 Å². The number of hydrogen-bond acceptors (Lipinski definition) is 5. The molecule has 11 rings (SSSR count). The predicted molar refractivity (Wildman–Crippen MR) is 216 cm³/mol. The first-order valence-corrected chi connectivity index (χ1v) is 18.9. The molecule has 4 aromatic heterocycles. The van der Waals surface area contributed by atoms with Gasteiger partial charge in [0.1, 0.15) is 11.0 Å². The zero-order valence-electron chi connectivity index (χ0n) is 26.7. The number of nitrogens with zero attached hydrogens (tertiary/aromatic N) is 2. The number of aromatic nitrogens is 2. The van der Waals surface area contributed by atoms with Crippen LogP contribution in [0.25, 0.3) is 105 Å². The van der Waals surface area contributed by atoms with Gasteiger partial charge < -0.3 is 0 Å². The van der Waals surface area contributed by atoms with E-state index in [9.17, 15) is 0 Å². The number of hydrogen-bond donors (Lipinski definition) is 0. The highest BCUT2D eigenvalue weighted by molar-refractivity contribution is 7.28. The van der Waals surface area contributed by atoms with Crippen molar-refractivity contribution in [2.45, 2.75) is 13.8 Å². The lowest BCUT2D eigenvalue weighted by Gasteiger charge is -2.11. The van der Waals surface area contributed by atoms with Gasteiger partial charge in [0.15, 0.2) is 0 Å². The summed E-state index contributed by atoms with van der Waals surface area (Å²) in [5.41, 5.74) is 8.83. The number of thiophene rings is 3. The Morgan fingerprint density at radius 1 is 0.367 bits per heavy atom. The van der Waals surface area contributed by atoms with Crippen molar-refractivity contribution in [1.29, 1.82) is 0 Å². The minimum atomic E-state index is 0.966. The van der Waals surface area contributed by atoms with Gasteiger partial charge in [0.25, 0.3) is 0 Å². The highest BCUT2D eigenvalue weighted by Crippen LogP contribution is 2.51. The molecule has 0 fully saturated rings. The summed E-state index contributed by atoms with van der Waals surface area (Å²) in [6, 6.07) is 44.5. The highest BCUT2D eigenvalue weighted by atomic mass is 32.1. The molecule has 230 valence electrons. The van der Waals surface area contributed by atoms with Gasteiger partial charge in [-0.25, -0.2) is 9.97 Å². The van der Waals surface area contributed by atoms with Crippen LogP contribution in [0.15, 0.2) is 121 Å². The SMILES string of the molecule is Cc1ccc2c(c1)c1cc(C)ccc1c1nc3c(-c4cccc5c4sc4ccccc45)sc(-c4cccc5c4sc4ccccc45)c3nc21. The Bertz CT molecular complexity index is 2980. The van der Waals surface area contributed by atoms with Gasteiger partial charge in [-0.05, 0) is 36.8 Å². The molecule has 49 heavy (non-hydrogen) atoms. The third-order valence-corrected chi connectivity index (χ3v) is 13.7. The maximum absolute atomic E-state index is 5.67. The van der Waals surface area contributed by atoms with Gasteiger partial charge in [-0.2, -0.15) is 0 Å². The molecule has 0 spiro atoms. The molecule has 0 amide bonds. The molecule has 5 heteroatoms. The van der Waals surface area contributed by atoms with Crippen LogP contribution in [0.5, 0.6) is 0 Å². The summed E-state index contributed by atoms with van der Waals surface area (Å²) in [7, 11) is 0. The molecule has 0 aliphatic rings. The van der Waals surface area contributed by atoms with Crippen LogP contribution < -0.4 is 0 Å². The van der Waals surface area contributed by atoms with Gasteiger partial charge in [-0.1, -0.05) is 120 Å². The molecule has 4 heterocycles. The monoisotopic (exact) mass is 678 g/mol. The fraction of sp³-hybridized carbons (Fsp3) is 0.0455. The molecule has 2 nitrogen and oxygen atoms in total. The minimum absolute atomic E-state index is 0.966. The van der Waals surface area contributed by atoms with Crippen molar-refractivity contribution in [2.24, 2.45) is 0 Å². The van der Waals surface area contributed by atoms with Crippen LogP contribution in [-0.2, 0) is 0 Å². The molecular formula is C44H26N2S3. The van der Waals surface area contributed by atoms with Crippen LogP contribution in [0.4, 0.5) is 0 Å². The van der Waals surface area contributed by atoms with E-state index < -0.39 is 0 Å². The smallest absolute Gasteiger partial charge is 0.109 e. The summed E-state index contributed by atoms with van der Waals surface area (Å²) in [6.45, 7) is 4.34. The first kappa shape index (κ1) is 27.7. The molecule has 0 N–H and O–H groups in total.